The predicted octanol–water partition coefficient (Wildman–Crippen LogP) is 5.65. The number of likely N-dealkylation sites (tertiary alicyclic amines) is 1. The quantitative estimate of drug-likeness (QED) is 0.281. The lowest BCUT2D eigenvalue weighted by atomic mass is 10.1. The van der Waals surface area contributed by atoms with Gasteiger partial charge >= 0.3 is 18.3 Å². The topological polar surface area (TPSA) is 99.8 Å². The molecule has 8 nitrogen and oxygen atoms in total. The number of nitrogens with one attached hydrogen (secondary N) is 1. The van der Waals surface area contributed by atoms with Crippen molar-refractivity contribution >= 4 is 17.4 Å². The highest BCUT2D eigenvalue weighted by Gasteiger charge is 2.38. The van der Waals surface area contributed by atoms with Gasteiger partial charge in [-0.1, -0.05) is 24.3 Å². The third-order valence-corrected chi connectivity index (χ3v) is 6.49. The van der Waals surface area contributed by atoms with E-state index in [1.807, 2.05) is 47.0 Å². The number of aliphatic carboxylic acids is 1. The number of pyridine rings is 2. The summed E-state index contributed by atoms with van der Waals surface area (Å²) in [6, 6.07) is 16.4. The molecule has 1 atom stereocenters. The van der Waals surface area contributed by atoms with E-state index in [2.05, 4.69) is 15.2 Å². The van der Waals surface area contributed by atoms with Gasteiger partial charge in [0.1, 0.15) is 5.82 Å². The molecule has 0 aliphatic carbocycles. The van der Waals surface area contributed by atoms with Gasteiger partial charge in [-0.25, -0.2) is 9.78 Å². The van der Waals surface area contributed by atoms with Crippen molar-refractivity contribution in [3.8, 4) is 0 Å². The summed E-state index contributed by atoms with van der Waals surface area (Å²) in [7, 11) is 0. The van der Waals surface area contributed by atoms with Crippen LogP contribution in [0.1, 0.15) is 52.0 Å². The second-order valence-corrected chi connectivity index (χ2v) is 9.41. The third kappa shape index (κ3) is 7.43. The first-order valence-electron chi connectivity index (χ1n) is 12.7. The van der Waals surface area contributed by atoms with Crippen LogP contribution in [0.2, 0.25) is 0 Å². The Morgan fingerprint density at radius 3 is 2.40 bits per heavy atom. The van der Waals surface area contributed by atoms with Crippen LogP contribution in [0.5, 0.6) is 0 Å². The van der Waals surface area contributed by atoms with Crippen LogP contribution >= 0.6 is 0 Å². The van der Waals surface area contributed by atoms with Gasteiger partial charge in [0.15, 0.2) is 5.69 Å². The Kier molecular flexibility index (Phi) is 9.14. The van der Waals surface area contributed by atoms with Crippen molar-refractivity contribution in [2.75, 3.05) is 6.54 Å². The maximum atomic E-state index is 13.1. The van der Waals surface area contributed by atoms with E-state index in [-0.39, 0.29) is 18.3 Å². The van der Waals surface area contributed by atoms with E-state index >= 15 is 0 Å². The fourth-order valence-corrected chi connectivity index (χ4v) is 4.59. The van der Waals surface area contributed by atoms with Gasteiger partial charge in [-0.15, -0.1) is 0 Å². The maximum absolute atomic E-state index is 13.1. The van der Waals surface area contributed by atoms with Crippen LogP contribution in [0, 0.1) is 0 Å². The van der Waals surface area contributed by atoms with Crippen LogP contribution in [-0.2, 0) is 24.1 Å². The van der Waals surface area contributed by atoms with Gasteiger partial charge in [-0.05, 0) is 61.3 Å². The number of carboxylic acids is 1. The van der Waals surface area contributed by atoms with Gasteiger partial charge < -0.3 is 14.8 Å². The average Bonchev–Trinajstić information content (AvgIpc) is 3.56. The number of alkyl halides is 6. The lowest BCUT2D eigenvalue weighted by molar-refractivity contribution is -0.192. The molecule has 1 saturated heterocycles. The largest absolute Gasteiger partial charge is 0.490 e. The number of rotatable bonds is 6. The Bertz CT molecular complexity index is 1540. The summed E-state index contributed by atoms with van der Waals surface area (Å²) in [6.45, 7) is 1.56. The number of halogens is 6. The standard InChI is InChI=1S/C26H24F3N5O.C2HF3O2/c27-26(28,29)19-8-5-7-18(15-19)16-31-25(35)23-21-10-2-4-14-34(21)24(32-23)22-11-6-13-33(22)17-20-9-1-3-12-30-20;3-2(4,5)1(6)7/h1-5,7-10,12,14-15,22H,6,11,13,16-17H2,(H,31,35);(H,6,7). The molecule has 42 heavy (non-hydrogen) atoms. The monoisotopic (exact) mass is 593 g/mol. The average molecular weight is 594 g/mol. The molecule has 0 bridgehead atoms. The zero-order chi connectivity index (χ0) is 30.5. The number of hydrogen-bond donors (Lipinski definition) is 2. The number of amides is 1. The van der Waals surface area contributed by atoms with E-state index in [9.17, 15) is 31.1 Å². The lowest BCUT2D eigenvalue weighted by Crippen LogP contribution is -2.25. The zero-order valence-corrected chi connectivity index (χ0v) is 21.9. The Balaban J connectivity index is 0.000000517. The summed E-state index contributed by atoms with van der Waals surface area (Å²) < 4.78 is 72.7. The molecule has 4 heterocycles. The number of benzene rings is 1. The predicted molar refractivity (Wildman–Crippen MR) is 138 cm³/mol. The van der Waals surface area contributed by atoms with Crippen molar-refractivity contribution in [2.45, 2.75) is 44.3 Å². The third-order valence-electron chi connectivity index (χ3n) is 6.49. The van der Waals surface area contributed by atoms with Crippen molar-refractivity contribution in [1.29, 1.82) is 0 Å². The SMILES string of the molecule is O=C(NCc1cccc(C(F)(F)F)c1)c1nc(C2CCCN2Cc2ccccn2)n2ccccc12.O=C(O)C(F)(F)F. The van der Waals surface area contributed by atoms with E-state index in [4.69, 9.17) is 14.9 Å². The minimum atomic E-state index is -5.08. The summed E-state index contributed by atoms with van der Waals surface area (Å²) in [5.74, 6) is -2.41. The normalized spacial score (nSPS) is 15.7. The Hall–Kier alpha value is -4.46. The van der Waals surface area contributed by atoms with E-state index < -0.39 is 29.8 Å². The molecule has 5 rings (SSSR count). The number of carbonyl (C=O) groups is 2. The van der Waals surface area contributed by atoms with E-state index in [1.54, 1.807) is 12.3 Å². The highest BCUT2D eigenvalue weighted by atomic mass is 19.4. The first-order chi connectivity index (χ1) is 19.8. The van der Waals surface area contributed by atoms with Gasteiger partial charge in [0.05, 0.1) is 22.8 Å². The molecule has 14 heteroatoms. The zero-order valence-electron chi connectivity index (χ0n) is 21.9. The summed E-state index contributed by atoms with van der Waals surface area (Å²) in [6.07, 6.45) is -3.93. The Morgan fingerprint density at radius 2 is 1.74 bits per heavy atom. The van der Waals surface area contributed by atoms with Gasteiger partial charge in [0, 0.05) is 25.5 Å². The minimum absolute atomic E-state index is 0.0249. The van der Waals surface area contributed by atoms with Crippen LogP contribution in [0.15, 0.2) is 73.1 Å². The summed E-state index contributed by atoms with van der Waals surface area (Å²) in [4.78, 5) is 33.5. The van der Waals surface area contributed by atoms with E-state index in [1.165, 1.54) is 6.07 Å². The Morgan fingerprint density at radius 1 is 1.00 bits per heavy atom. The molecule has 0 saturated carbocycles. The second kappa shape index (κ2) is 12.6. The highest BCUT2D eigenvalue weighted by molar-refractivity contribution is 5.99. The molecule has 3 aromatic heterocycles. The lowest BCUT2D eigenvalue weighted by Gasteiger charge is -2.23. The number of fused-ring (bicyclic) bond motifs is 1. The van der Waals surface area contributed by atoms with Crippen LogP contribution in [0.25, 0.3) is 5.52 Å². The molecule has 222 valence electrons. The molecule has 1 aliphatic heterocycles. The molecule has 1 unspecified atom stereocenters. The molecule has 0 radical (unpaired) electrons. The number of imidazole rings is 1. The number of aromatic nitrogens is 3. The van der Waals surface area contributed by atoms with Gasteiger partial charge in [-0.3, -0.25) is 14.7 Å². The van der Waals surface area contributed by atoms with Crippen molar-refractivity contribution in [2.24, 2.45) is 0 Å². The molecule has 1 aromatic carbocycles. The van der Waals surface area contributed by atoms with Gasteiger partial charge in [0.25, 0.3) is 5.91 Å². The van der Waals surface area contributed by atoms with Crippen molar-refractivity contribution < 1.29 is 41.0 Å². The van der Waals surface area contributed by atoms with Crippen molar-refractivity contribution in [3.05, 3.63) is 101 Å². The molecular formula is C28H25F6N5O3. The second-order valence-electron chi connectivity index (χ2n) is 9.41. The van der Waals surface area contributed by atoms with E-state index in [0.29, 0.717) is 17.6 Å². The first kappa shape index (κ1) is 30.5. The first-order valence-corrected chi connectivity index (χ1v) is 12.7. The van der Waals surface area contributed by atoms with Gasteiger partial charge in [0.2, 0.25) is 0 Å². The smallest absolute Gasteiger partial charge is 0.475 e. The van der Waals surface area contributed by atoms with Crippen LogP contribution < -0.4 is 5.32 Å². The highest BCUT2D eigenvalue weighted by Crippen LogP contribution is 2.34. The molecule has 2 N–H and O–H groups in total. The number of hydrogen-bond acceptors (Lipinski definition) is 5. The van der Waals surface area contributed by atoms with Crippen molar-refractivity contribution in [1.82, 2.24) is 24.6 Å². The van der Waals surface area contributed by atoms with Crippen LogP contribution in [-0.4, -0.2) is 49.0 Å². The van der Waals surface area contributed by atoms with Gasteiger partial charge in [-0.2, -0.15) is 26.3 Å². The fraction of sp³-hybridized carbons (Fsp3) is 0.286. The maximum Gasteiger partial charge on any atom is 0.490 e. The van der Waals surface area contributed by atoms with Crippen LogP contribution in [0.4, 0.5) is 26.3 Å². The number of carbonyl (C=O) groups excluding carboxylic acids is 1. The summed E-state index contributed by atoms with van der Waals surface area (Å²) in [5, 5.41) is 9.86. The molecule has 1 fully saturated rings. The summed E-state index contributed by atoms with van der Waals surface area (Å²) >= 11 is 0. The number of carboxylic acid groups (broad SMARTS) is 1. The van der Waals surface area contributed by atoms with E-state index in [0.717, 1.165) is 43.0 Å². The molecule has 4 aromatic rings. The van der Waals surface area contributed by atoms with Crippen LogP contribution in [0.3, 0.4) is 0 Å². The fourth-order valence-electron chi connectivity index (χ4n) is 4.59. The number of nitrogens with zero attached hydrogens (tertiary/aromatic N) is 4. The Labute approximate surface area is 235 Å². The molecule has 1 aliphatic rings. The molecule has 0 spiro atoms. The molecular weight excluding hydrogens is 568 g/mol. The molecule has 1 amide bonds. The minimum Gasteiger partial charge on any atom is -0.475 e. The van der Waals surface area contributed by atoms with Crippen molar-refractivity contribution in [3.63, 3.8) is 0 Å². The summed E-state index contributed by atoms with van der Waals surface area (Å²) in [5.41, 5.74) is 1.52.